The Bertz CT molecular complexity index is 1210. The summed E-state index contributed by atoms with van der Waals surface area (Å²) in [4.78, 5) is 24.9. The van der Waals surface area contributed by atoms with Crippen LogP contribution in [-0.4, -0.2) is 19.6 Å². The first-order chi connectivity index (χ1) is 13.7. The molecule has 0 radical (unpaired) electrons. The number of anilines is 1. The Kier molecular flexibility index (Phi) is 4.68. The van der Waals surface area contributed by atoms with Crippen molar-refractivity contribution in [1.82, 2.24) is 0 Å². The van der Waals surface area contributed by atoms with E-state index in [4.69, 9.17) is 13.9 Å². The molecule has 6 heteroatoms. The Hall–Kier alpha value is -3.80. The number of nitrogens with one attached hydrogen (secondary N) is 1. The number of carbonyl (C=O) groups excluding carboxylic acids is 1. The first-order valence-electron chi connectivity index (χ1n) is 8.67. The van der Waals surface area contributed by atoms with Gasteiger partial charge in [0.25, 0.3) is 5.91 Å². The van der Waals surface area contributed by atoms with Gasteiger partial charge in [0.1, 0.15) is 11.3 Å². The molecule has 28 heavy (non-hydrogen) atoms. The average molecular weight is 375 g/mol. The minimum Gasteiger partial charge on any atom is -0.493 e. The SMILES string of the molecule is COc1cccc2c(=O)c3ccc(NC(=O)COc4ccccc4)cc3oc12. The fourth-order valence-electron chi connectivity index (χ4n) is 2.95. The highest BCUT2D eigenvalue weighted by molar-refractivity contribution is 5.96. The van der Waals surface area contributed by atoms with Crippen molar-refractivity contribution >= 4 is 33.5 Å². The van der Waals surface area contributed by atoms with Crippen LogP contribution in [0.15, 0.2) is 75.9 Å². The number of rotatable bonds is 5. The van der Waals surface area contributed by atoms with Crippen LogP contribution in [0.4, 0.5) is 5.69 Å². The molecule has 0 spiro atoms. The van der Waals surface area contributed by atoms with Crippen molar-refractivity contribution in [1.29, 1.82) is 0 Å². The number of hydrogen-bond acceptors (Lipinski definition) is 5. The van der Waals surface area contributed by atoms with Gasteiger partial charge in [-0.25, -0.2) is 0 Å². The lowest BCUT2D eigenvalue weighted by atomic mass is 10.1. The molecule has 1 aromatic heterocycles. The molecular weight excluding hydrogens is 358 g/mol. The van der Waals surface area contributed by atoms with Crippen molar-refractivity contribution in [3.05, 3.63) is 77.0 Å². The van der Waals surface area contributed by atoms with Gasteiger partial charge in [-0.2, -0.15) is 0 Å². The zero-order valence-electron chi connectivity index (χ0n) is 15.1. The molecule has 0 saturated heterocycles. The van der Waals surface area contributed by atoms with E-state index in [9.17, 15) is 9.59 Å². The third-order valence-corrected chi connectivity index (χ3v) is 4.28. The normalized spacial score (nSPS) is 10.8. The Balaban J connectivity index is 1.61. The van der Waals surface area contributed by atoms with Crippen molar-refractivity contribution < 1.29 is 18.7 Å². The van der Waals surface area contributed by atoms with Gasteiger partial charge in [0.05, 0.1) is 17.9 Å². The van der Waals surface area contributed by atoms with Crippen molar-refractivity contribution in [2.45, 2.75) is 0 Å². The number of methoxy groups -OCH3 is 1. The zero-order valence-corrected chi connectivity index (χ0v) is 15.1. The van der Waals surface area contributed by atoms with E-state index < -0.39 is 0 Å². The summed E-state index contributed by atoms with van der Waals surface area (Å²) in [6.45, 7) is -0.127. The molecule has 6 nitrogen and oxygen atoms in total. The van der Waals surface area contributed by atoms with E-state index in [2.05, 4.69) is 5.32 Å². The molecule has 0 aliphatic rings. The number of fused-ring (bicyclic) bond motifs is 2. The summed E-state index contributed by atoms with van der Waals surface area (Å²) < 4.78 is 16.6. The van der Waals surface area contributed by atoms with Gasteiger partial charge < -0.3 is 19.2 Å². The maximum absolute atomic E-state index is 12.7. The molecule has 0 saturated carbocycles. The molecule has 3 aromatic carbocycles. The molecule has 0 unspecified atom stereocenters. The fourth-order valence-corrected chi connectivity index (χ4v) is 2.95. The summed E-state index contributed by atoms with van der Waals surface area (Å²) in [5, 5.41) is 3.62. The summed E-state index contributed by atoms with van der Waals surface area (Å²) in [5.41, 5.74) is 1.09. The summed E-state index contributed by atoms with van der Waals surface area (Å²) in [5.74, 6) is 0.770. The highest BCUT2D eigenvalue weighted by Gasteiger charge is 2.12. The molecule has 4 aromatic rings. The molecular formula is C22H17NO5. The predicted octanol–water partition coefficient (Wildman–Crippen LogP) is 3.97. The van der Waals surface area contributed by atoms with E-state index in [-0.39, 0.29) is 17.9 Å². The summed E-state index contributed by atoms with van der Waals surface area (Å²) in [6.07, 6.45) is 0. The second-order valence-electron chi connectivity index (χ2n) is 6.13. The standard InChI is InChI=1S/C22H17NO5/c1-26-18-9-5-8-17-21(25)16-11-10-14(12-19(16)28-22(17)18)23-20(24)13-27-15-6-3-2-4-7-15/h2-12H,13H2,1H3,(H,23,24). The van der Waals surface area contributed by atoms with E-state index in [0.717, 1.165) is 0 Å². The molecule has 0 bridgehead atoms. The van der Waals surface area contributed by atoms with Crippen molar-refractivity contribution in [2.75, 3.05) is 19.0 Å². The quantitative estimate of drug-likeness (QED) is 0.534. The van der Waals surface area contributed by atoms with E-state index in [1.165, 1.54) is 7.11 Å². The van der Waals surface area contributed by atoms with Gasteiger partial charge in [-0.1, -0.05) is 24.3 Å². The molecule has 140 valence electrons. The van der Waals surface area contributed by atoms with Gasteiger partial charge in [0, 0.05) is 11.8 Å². The largest absolute Gasteiger partial charge is 0.493 e. The van der Waals surface area contributed by atoms with Crippen LogP contribution in [0.1, 0.15) is 0 Å². The third kappa shape index (κ3) is 3.40. The average Bonchev–Trinajstić information content (AvgIpc) is 2.73. The number of hydrogen-bond donors (Lipinski definition) is 1. The smallest absolute Gasteiger partial charge is 0.262 e. The maximum atomic E-state index is 12.7. The molecule has 1 amide bonds. The molecule has 0 atom stereocenters. The lowest BCUT2D eigenvalue weighted by Crippen LogP contribution is -2.20. The Morgan fingerprint density at radius 3 is 2.61 bits per heavy atom. The summed E-state index contributed by atoms with van der Waals surface area (Å²) >= 11 is 0. The summed E-state index contributed by atoms with van der Waals surface area (Å²) in [7, 11) is 1.52. The minimum absolute atomic E-state index is 0.127. The van der Waals surface area contributed by atoms with Gasteiger partial charge in [-0.05, 0) is 36.4 Å². The van der Waals surface area contributed by atoms with Gasteiger partial charge in [-0.3, -0.25) is 9.59 Å². The van der Waals surface area contributed by atoms with Crippen LogP contribution in [-0.2, 0) is 4.79 Å². The monoisotopic (exact) mass is 375 g/mol. The minimum atomic E-state index is -0.316. The van der Waals surface area contributed by atoms with E-state index >= 15 is 0 Å². The van der Waals surface area contributed by atoms with E-state index in [1.807, 2.05) is 18.2 Å². The first-order valence-corrected chi connectivity index (χ1v) is 8.67. The fraction of sp³-hybridized carbons (Fsp3) is 0.0909. The molecule has 0 aliphatic heterocycles. The number of benzene rings is 3. The van der Waals surface area contributed by atoms with Crippen LogP contribution in [0.5, 0.6) is 11.5 Å². The van der Waals surface area contributed by atoms with Crippen molar-refractivity contribution in [3.63, 3.8) is 0 Å². The predicted molar refractivity (Wildman–Crippen MR) is 107 cm³/mol. The number of amides is 1. The Labute approximate surface area is 160 Å². The summed E-state index contributed by atoms with van der Waals surface area (Å²) in [6, 6.07) is 19.1. The highest BCUT2D eigenvalue weighted by atomic mass is 16.5. The zero-order chi connectivity index (χ0) is 19.5. The van der Waals surface area contributed by atoms with Gasteiger partial charge >= 0.3 is 0 Å². The number of para-hydroxylation sites is 2. The van der Waals surface area contributed by atoms with E-state index in [0.29, 0.717) is 39.1 Å². The first kappa shape index (κ1) is 17.6. The van der Waals surface area contributed by atoms with Crippen molar-refractivity contribution in [3.8, 4) is 11.5 Å². The number of carbonyl (C=O) groups is 1. The van der Waals surface area contributed by atoms with Crippen LogP contribution in [0.2, 0.25) is 0 Å². The lowest BCUT2D eigenvalue weighted by Gasteiger charge is -2.09. The van der Waals surface area contributed by atoms with Crippen LogP contribution in [0.25, 0.3) is 21.9 Å². The third-order valence-electron chi connectivity index (χ3n) is 4.28. The molecule has 0 aliphatic carbocycles. The van der Waals surface area contributed by atoms with Gasteiger partial charge in [-0.15, -0.1) is 0 Å². The van der Waals surface area contributed by atoms with Gasteiger partial charge in [0.2, 0.25) is 5.43 Å². The van der Waals surface area contributed by atoms with E-state index in [1.54, 1.807) is 48.5 Å². The van der Waals surface area contributed by atoms with Crippen LogP contribution >= 0.6 is 0 Å². The lowest BCUT2D eigenvalue weighted by molar-refractivity contribution is -0.118. The molecule has 1 N–H and O–H groups in total. The maximum Gasteiger partial charge on any atom is 0.262 e. The second-order valence-corrected chi connectivity index (χ2v) is 6.13. The molecule has 1 heterocycles. The molecule has 0 fully saturated rings. The topological polar surface area (TPSA) is 77.8 Å². The Morgan fingerprint density at radius 2 is 1.82 bits per heavy atom. The Morgan fingerprint density at radius 1 is 1.00 bits per heavy atom. The van der Waals surface area contributed by atoms with Crippen LogP contribution in [0, 0.1) is 0 Å². The van der Waals surface area contributed by atoms with Crippen molar-refractivity contribution in [2.24, 2.45) is 0 Å². The van der Waals surface area contributed by atoms with Gasteiger partial charge in [0.15, 0.2) is 17.9 Å². The van der Waals surface area contributed by atoms with Crippen LogP contribution in [0.3, 0.4) is 0 Å². The highest BCUT2D eigenvalue weighted by Crippen LogP contribution is 2.28. The number of ether oxygens (including phenoxy) is 2. The van der Waals surface area contributed by atoms with Crippen LogP contribution < -0.4 is 20.2 Å². The molecule has 4 rings (SSSR count). The second kappa shape index (κ2) is 7.44.